The molecule has 0 aromatic heterocycles. The Morgan fingerprint density at radius 3 is 2.41 bits per heavy atom. The third kappa shape index (κ3) is 5.58. The van der Waals surface area contributed by atoms with Gasteiger partial charge < -0.3 is 14.8 Å². The van der Waals surface area contributed by atoms with E-state index in [1.165, 1.54) is 29.4 Å². The Labute approximate surface area is 196 Å². The van der Waals surface area contributed by atoms with Crippen molar-refractivity contribution >= 4 is 33.3 Å². The lowest BCUT2D eigenvalue weighted by Gasteiger charge is -2.27. The molecule has 1 heterocycles. The van der Waals surface area contributed by atoms with Gasteiger partial charge in [-0.3, -0.25) is 14.9 Å². The van der Waals surface area contributed by atoms with Crippen molar-refractivity contribution in [1.82, 2.24) is 4.31 Å². The lowest BCUT2D eigenvalue weighted by atomic mass is 10.1. The molecule has 11 nitrogen and oxygen atoms in total. The maximum absolute atomic E-state index is 13.0. The van der Waals surface area contributed by atoms with Crippen molar-refractivity contribution in [1.29, 1.82) is 0 Å². The molecule has 0 radical (unpaired) electrons. The summed E-state index contributed by atoms with van der Waals surface area (Å²) in [5, 5.41) is 13.6. The highest BCUT2D eigenvalue weighted by molar-refractivity contribution is 7.89. The van der Waals surface area contributed by atoms with E-state index in [1.54, 1.807) is 26.0 Å². The predicted molar refractivity (Wildman–Crippen MR) is 122 cm³/mol. The zero-order chi connectivity index (χ0) is 25.0. The number of benzene rings is 2. The first-order valence-electron chi connectivity index (χ1n) is 10.5. The smallest absolute Gasteiger partial charge is 0.339 e. The van der Waals surface area contributed by atoms with E-state index in [-0.39, 0.29) is 34.9 Å². The third-order valence-corrected chi connectivity index (χ3v) is 7.38. The summed E-state index contributed by atoms with van der Waals surface area (Å²) in [5.41, 5.74) is 0.821. The van der Waals surface area contributed by atoms with Crippen LogP contribution in [0.3, 0.4) is 0 Å². The number of nitrogens with one attached hydrogen (secondary N) is 1. The molecular formula is C22H25N3O8S. The van der Waals surface area contributed by atoms with E-state index in [1.807, 2.05) is 0 Å². The van der Waals surface area contributed by atoms with E-state index in [0.29, 0.717) is 24.3 Å². The van der Waals surface area contributed by atoms with Crippen molar-refractivity contribution in [2.45, 2.75) is 31.8 Å². The van der Waals surface area contributed by atoms with Crippen LogP contribution in [0, 0.1) is 24.0 Å². The molecular weight excluding hydrogens is 466 g/mol. The number of amides is 1. The molecule has 0 aliphatic carbocycles. The lowest BCUT2D eigenvalue weighted by molar-refractivity contribution is -0.385. The number of carbonyl (C=O) groups is 2. The van der Waals surface area contributed by atoms with Crippen LogP contribution in [-0.4, -0.2) is 61.9 Å². The van der Waals surface area contributed by atoms with Gasteiger partial charge in [-0.2, -0.15) is 4.31 Å². The second kappa shape index (κ2) is 10.3. The second-order valence-corrected chi connectivity index (χ2v) is 9.70. The molecule has 1 aliphatic heterocycles. The Kier molecular flexibility index (Phi) is 7.64. The van der Waals surface area contributed by atoms with Crippen molar-refractivity contribution in [3.05, 3.63) is 63.2 Å². The van der Waals surface area contributed by atoms with Gasteiger partial charge in [0.1, 0.15) is 0 Å². The zero-order valence-corrected chi connectivity index (χ0v) is 19.8. The van der Waals surface area contributed by atoms with E-state index in [4.69, 9.17) is 9.47 Å². The molecule has 1 aliphatic rings. The van der Waals surface area contributed by atoms with Gasteiger partial charge in [-0.25, -0.2) is 13.2 Å². The highest BCUT2D eigenvalue weighted by atomic mass is 32.2. The lowest BCUT2D eigenvalue weighted by Crippen LogP contribution is -2.40. The van der Waals surface area contributed by atoms with Gasteiger partial charge in [0.2, 0.25) is 10.0 Å². The fourth-order valence-electron chi connectivity index (χ4n) is 3.34. The number of esters is 1. The van der Waals surface area contributed by atoms with Crippen LogP contribution in [0.2, 0.25) is 0 Å². The minimum absolute atomic E-state index is 0.0591. The molecule has 0 spiro atoms. The summed E-state index contributed by atoms with van der Waals surface area (Å²) in [6, 6.07) is 8.36. The number of morpholine rings is 1. The van der Waals surface area contributed by atoms with Gasteiger partial charge in [-0.1, -0.05) is 12.1 Å². The maximum atomic E-state index is 13.0. The van der Waals surface area contributed by atoms with Crippen LogP contribution < -0.4 is 5.32 Å². The van der Waals surface area contributed by atoms with Gasteiger partial charge in [-0.05, 0) is 44.5 Å². The monoisotopic (exact) mass is 491 g/mol. The highest BCUT2D eigenvalue weighted by Crippen LogP contribution is 2.25. The number of anilines is 1. The number of carbonyl (C=O) groups excluding carboxylic acids is 2. The van der Waals surface area contributed by atoms with Crippen LogP contribution in [0.5, 0.6) is 0 Å². The van der Waals surface area contributed by atoms with E-state index in [0.717, 1.165) is 6.07 Å². The van der Waals surface area contributed by atoms with Gasteiger partial charge >= 0.3 is 5.97 Å². The quantitative estimate of drug-likeness (QED) is 0.353. The fourth-order valence-corrected chi connectivity index (χ4v) is 5.00. The molecule has 182 valence electrons. The van der Waals surface area contributed by atoms with Crippen molar-refractivity contribution in [2.24, 2.45) is 0 Å². The molecule has 3 rings (SSSR count). The van der Waals surface area contributed by atoms with Crippen LogP contribution in [0.25, 0.3) is 0 Å². The van der Waals surface area contributed by atoms with Crippen LogP contribution in [0.15, 0.2) is 41.3 Å². The van der Waals surface area contributed by atoms with E-state index in [9.17, 15) is 28.1 Å². The Balaban J connectivity index is 1.72. The Morgan fingerprint density at radius 2 is 1.76 bits per heavy atom. The molecule has 12 heteroatoms. The number of hydrogen-bond acceptors (Lipinski definition) is 8. The number of nitro groups is 1. The third-order valence-electron chi connectivity index (χ3n) is 5.34. The number of ether oxygens (including phenoxy) is 2. The van der Waals surface area contributed by atoms with Crippen molar-refractivity contribution in [3.8, 4) is 0 Å². The van der Waals surface area contributed by atoms with Gasteiger partial charge in [0.15, 0.2) is 6.10 Å². The summed E-state index contributed by atoms with van der Waals surface area (Å²) < 4.78 is 37.7. The maximum Gasteiger partial charge on any atom is 0.339 e. The van der Waals surface area contributed by atoms with Crippen LogP contribution in [0.4, 0.5) is 11.4 Å². The zero-order valence-electron chi connectivity index (χ0n) is 18.9. The number of nitro benzene ring substituents is 1. The number of aryl methyl sites for hydroxylation is 2. The molecule has 2 aromatic carbocycles. The Bertz CT molecular complexity index is 1220. The minimum Gasteiger partial charge on any atom is -0.449 e. The number of nitrogens with zero attached hydrogens (tertiary/aromatic N) is 2. The SMILES string of the molecule is Cc1ccc(C(=O)O[C@@H](C)C(=O)Nc2ccc(C)c(S(=O)(=O)N3CCOCC3)c2)cc1[N+](=O)[O-]. The molecule has 1 N–H and O–H groups in total. The van der Waals surface area contributed by atoms with E-state index >= 15 is 0 Å². The van der Waals surface area contributed by atoms with Gasteiger partial charge in [0.25, 0.3) is 11.6 Å². The van der Waals surface area contributed by atoms with Crippen LogP contribution in [0.1, 0.15) is 28.4 Å². The van der Waals surface area contributed by atoms with Gasteiger partial charge in [0.05, 0.1) is 28.6 Å². The first-order valence-corrected chi connectivity index (χ1v) is 11.9. The number of rotatable bonds is 7. The molecule has 0 saturated carbocycles. The molecule has 1 amide bonds. The Hall–Kier alpha value is -3.35. The van der Waals surface area contributed by atoms with Crippen molar-refractivity contribution in [3.63, 3.8) is 0 Å². The summed E-state index contributed by atoms with van der Waals surface area (Å²) in [5.74, 6) is -1.58. The Morgan fingerprint density at radius 1 is 1.12 bits per heavy atom. The summed E-state index contributed by atoms with van der Waals surface area (Å²) in [7, 11) is -3.78. The highest BCUT2D eigenvalue weighted by Gasteiger charge is 2.28. The number of sulfonamides is 1. The fraction of sp³-hybridized carbons (Fsp3) is 0.364. The average molecular weight is 492 g/mol. The normalized spacial score (nSPS) is 15.4. The molecule has 34 heavy (non-hydrogen) atoms. The number of hydrogen-bond donors (Lipinski definition) is 1. The summed E-state index contributed by atoms with van der Waals surface area (Å²) in [6.07, 6.45) is -1.24. The molecule has 2 aromatic rings. The van der Waals surface area contributed by atoms with Crippen molar-refractivity contribution < 1.29 is 32.4 Å². The standard InChI is InChI=1S/C22H25N3O8S/c1-14-4-6-17(12-19(14)25(28)29)22(27)33-16(3)21(26)23-18-7-5-15(2)20(13-18)34(30,31)24-8-10-32-11-9-24/h4-7,12-13,16H,8-11H2,1-3H3,(H,23,26)/t16-/m0/s1. The average Bonchev–Trinajstić information content (AvgIpc) is 2.80. The van der Waals surface area contributed by atoms with Gasteiger partial charge in [-0.15, -0.1) is 0 Å². The van der Waals surface area contributed by atoms with Crippen molar-refractivity contribution in [2.75, 3.05) is 31.6 Å². The minimum atomic E-state index is -3.78. The second-order valence-electron chi connectivity index (χ2n) is 7.79. The summed E-state index contributed by atoms with van der Waals surface area (Å²) in [4.78, 5) is 35.5. The van der Waals surface area contributed by atoms with E-state index < -0.39 is 32.9 Å². The predicted octanol–water partition coefficient (Wildman–Crippen LogP) is 2.42. The van der Waals surface area contributed by atoms with E-state index in [2.05, 4.69) is 5.32 Å². The first-order chi connectivity index (χ1) is 16.0. The molecule has 0 unspecified atom stereocenters. The summed E-state index contributed by atoms with van der Waals surface area (Å²) in [6.45, 7) is 5.63. The van der Waals surface area contributed by atoms with Gasteiger partial charge in [0, 0.05) is 30.4 Å². The largest absolute Gasteiger partial charge is 0.449 e. The summed E-state index contributed by atoms with van der Waals surface area (Å²) >= 11 is 0. The topological polar surface area (TPSA) is 145 Å². The van der Waals surface area contributed by atoms with Crippen LogP contribution in [-0.2, 0) is 24.3 Å². The van der Waals surface area contributed by atoms with Crippen LogP contribution >= 0.6 is 0 Å². The molecule has 0 bridgehead atoms. The first kappa shape index (κ1) is 25.3. The molecule has 1 fully saturated rings. The molecule has 1 atom stereocenters. The molecule has 1 saturated heterocycles.